The van der Waals surface area contributed by atoms with Gasteiger partial charge >= 0.3 is 0 Å². The highest BCUT2D eigenvalue weighted by Crippen LogP contribution is 2.42. The zero-order chi connectivity index (χ0) is 13.4. The quantitative estimate of drug-likeness (QED) is 0.882. The predicted molar refractivity (Wildman–Crippen MR) is 76.4 cm³/mol. The second-order valence-electron chi connectivity index (χ2n) is 4.45. The summed E-state index contributed by atoms with van der Waals surface area (Å²) in [7, 11) is 0. The Hall–Kier alpha value is -1.20. The molecule has 0 aliphatic heterocycles. The van der Waals surface area contributed by atoms with E-state index in [2.05, 4.69) is 31.2 Å². The van der Waals surface area contributed by atoms with E-state index < -0.39 is 5.82 Å². The SMILES string of the molecule is Fc1cc(Nc2ncc(Br)nc2C2CC2)ccc1Cl. The zero-order valence-corrected chi connectivity index (χ0v) is 12.2. The van der Waals surface area contributed by atoms with Crippen molar-refractivity contribution < 1.29 is 4.39 Å². The van der Waals surface area contributed by atoms with Gasteiger partial charge in [0.2, 0.25) is 0 Å². The Balaban J connectivity index is 1.92. The number of hydrogen-bond acceptors (Lipinski definition) is 3. The van der Waals surface area contributed by atoms with E-state index >= 15 is 0 Å². The summed E-state index contributed by atoms with van der Waals surface area (Å²) < 4.78 is 14.1. The predicted octanol–water partition coefficient (Wildman–Crippen LogP) is 4.65. The van der Waals surface area contributed by atoms with Crippen molar-refractivity contribution in [2.45, 2.75) is 18.8 Å². The first-order valence-corrected chi connectivity index (χ1v) is 7.05. The molecule has 0 atom stereocenters. The molecule has 3 nitrogen and oxygen atoms in total. The van der Waals surface area contributed by atoms with Gasteiger partial charge < -0.3 is 5.32 Å². The fourth-order valence-electron chi connectivity index (χ4n) is 1.83. The van der Waals surface area contributed by atoms with Crippen molar-refractivity contribution in [3.63, 3.8) is 0 Å². The molecule has 0 unspecified atom stereocenters. The minimum Gasteiger partial charge on any atom is -0.339 e. The topological polar surface area (TPSA) is 37.8 Å². The third kappa shape index (κ3) is 2.87. The largest absolute Gasteiger partial charge is 0.339 e. The van der Waals surface area contributed by atoms with Crippen LogP contribution in [0.4, 0.5) is 15.9 Å². The van der Waals surface area contributed by atoms with Crippen molar-refractivity contribution in [1.29, 1.82) is 0 Å². The van der Waals surface area contributed by atoms with Crippen LogP contribution in [0.2, 0.25) is 5.02 Å². The molecule has 1 fully saturated rings. The minimum atomic E-state index is -0.454. The summed E-state index contributed by atoms with van der Waals surface area (Å²) >= 11 is 8.98. The van der Waals surface area contributed by atoms with Crippen LogP contribution >= 0.6 is 27.5 Å². The van der Waals surface area contributed by atoms with E-state index in [0.29, 0.717) is 22.0 Å². The van der Waals surface area contributed by atoms with Crippen LogP contribution in [0.1, 0.15) is 24.5 Å². The summed E-state index contributed by atoms with van der Waals surface area (Å²) in [5, 5.41) is 3.20. The average molecular weight is 343 g/mol. The van der Waals surface area contributed by atoms with Gasteiger partial charge in [0, 0.05) is 11.6 Å². The molecule has 1 aromatic heterocycles. The van der Waals surface area contributed by atoms with Crippen LogP contribution in [0.5, 0.6) is 0 Å². The van der Waals surface area contributed by atoms with Crippen molar-refractivity contribution in [2.24, 2.45) is 0 Å². The second-order valence-corrected chi connectivity index (χ2v) is 5.67. The van der Waals surface area contributed by atoms with Crippen LogP contribution in [0, 0.1) is 5.82 Å². The molecule has 1 N–H and O–H groups in total. The summed E-state index contributed by atoms with van der Waals surface area (Å²) in [4.78, 5) is 8.75. The van der Waals surface area contributed by atoms with Gasteiger partial charge in [-0.3, -0.25) is 0 Å². The van der Waals surface area contributed by atoms with Crippen LogP contribution in [-0.2, 0) is 0 Å². The molecule has 98 valence electrons. The van der Waals surface area contributed by atoms with Gasteiger partial charge in [-0.2, -0.15) is 0 Å². The Labute approximate surface area is 123 Å². The highest BCUT2D eigenvalue weighted by atomic mass is 79.9. The van der Waals surface area contributed by atoms with E-state index in [4.69, 9.17) is 11.6 Å². The van der Waals surface area contributed by atoms with Gasteiger partial charge in [-0.25, -0.2) is 14.4 Å². The molecule has 0 spiro atoms. The van der Waals surface area contributed by atoms with E-state index in [0.717, 1.165) is 18.5 Å². The molecule has 1 saturated carbocycles. The molecule has 0 saturated heterocycles. The summed E-state index contributed by atoms with van der Waals surface area (Å²) in [5.41, 5.74) is 1.53. The number of hydrogen-bond donors (Lipinski definition) is 1. The fraction of sp³-hybridized carbons (Fsp3) is 0.231. The maximum Gasteiger partial charge on any atom is 0.152 e. The third-order valence-electron chi connectivity index (χ3n) is 2.92. The smallest absolute Gasteiger partial charge is 0.152 e. The lowest BCUT2D eigenvalue weighted by Gasteiger charge is -2.10. The maximum absolute atomic E-state index is 13.4. The summed E-state index contributed by atoms with van der Waals surface area (Å²) in [5.74, 6) is 0.668. The van der Waals surface area contributed by atoms with Crippen LogP contribution in [0.3, 0.4) is 0 Å². The maximum atomic E-state index is 13.4. The first kappa shape index (κ1) is 12.8. The highest BCUT2D eigenvalue weighted by Gasteiger charge is 2.28. The van der Waals surface area contributed by atoms with Crippen LogP contribution in [0.25, 0.3) is 0 Å². The van der Waals surface area contributed by atoms with Gasteiger partial charge in [-0.05, 0) is 47.0 Å². The molecule has 1 aliphatic rings. The Morgan fingerprint density at radius 3 is 2.84 bits per heavy atom. The van der Waals surface area contributed by atoms with E-state index in [1.165, 1.54) is 12.1 Å². The van der Waals surface area contributed by atoms with Crippen molar-refractivity contribution >= 4 is 39.0 Å². The number of rotatable bonds is 3. The van der Waals surface area contributed by atoms with Gasteiger partial charge in [-0.15, -0.1) is 0 Å². The molecule has 0 radical (unpaired) electrons. The Bertz CT molecular complexity index is 631. The van der Waals surface area contributed by atoms with E-state index in [1.807, 2.05) is 0 Å². The van der Waals surface area contributed by atoms with E-state index in [1.54, 1.807) is 12.3 Å². The fourth-order valence-corrected chi connectivity index (χ4v) is 2.24. The zero-order valence-electron chi connectivity index (χ0n) is 9.83. The lowest BCUT2D eigenvalue weighted by atomic mass is 10.2. The highest BCUT2D eigenvalue weighted by molar-refractivity contribution is 9.10. The summed E-state index contributed by atoms with van der Waals surface area (Å²) in [6.45, 7) is 0. The molecule has 0 bridgehead atoms. The first-order chi connectivity index (χ1) is 9.13. The Morgan fingerprint density at radius 2 is 2.16 bits per heavy atom. The lowest BCUT2D eigenvalue weighted by Crippen LogP contribution is -2.01. The molecule has 0 amide bonds. The van der Waals surface area contributed by atoms with Gasteiger partial charge in [0.05, 0.1) is 16.9 Å². The third-order valence-corrected chi connectivity index (χ3v) is 3.61. The summed E-state index contributed by atoms with van der Waals surface area (Å²) in [6, 6.07) is 4.58. The normalized spacial score (nSPS) is 14.5. The average Bonchev–Trinajstić information content (AvgIpc) is 3.20. The molecular weight excluding hydrogens is 333 g/mol. The van der Waals surface area contributed by atoms with Crippen LogP contribution < -0.4 is 5.32 Å². The first-order valence-electron chi connectivity index (χ1n) is 5.88. The number of nitrogens with zero attached hydrogens (tertiary/aromatic N) is 2. The molecule has 6 heteroatoms. The standard InChI is InChI=1S/C13H10BrClFN3/c14-11-6-17-13(12(19-11)7-1-2-7)18-8-3-4-9(15)10(16)5-8/h3-7H,1-2H2,(H,17,18). The summed E-state index contributed by atoms with van der Waals surface area (Å²) in [6.07, 6.45) is 3.87. The monoisotopic (exact) mass is 341 g/mol. The molecule has 1 aromatic carbocycles. The van der Waals surface area contributed by atoms with E-state index in [9.17, 15) is 4.39 Å². The van der Waals surface area contributed by atoms with Crippen molar-refractivity contribution in [2.75, 3.05) is 5.32 Å². The molecular formula is C13H10BrClFN3. The van der Waals surface area contributed by atoms with Crippen molar-refractivity contribution in [3.05, 3.63) is 45.5 Å². The lowest BCUT2D eigenvalue weighted by molar-refractivity contribution is 0.629. The van der Waals surface area contributed by atoms with Crippen LogP contribution in [-0.4, -0.2) is 9.97 Å². The molecule has 2 aromatic rings. The molecule has 3 rings (SSSR count). The van der Waals surface area contributed by atoms with E-state index in [-0.39, 0.29) is 5.02 Å². The number of aromatic nitrogens is 2. The van der Waals surface area contributed by atoms with Crippen molar-refractivity contribution in [1.82, 2.24) is 9.97 Å². The van der Waals surface area contributed by atoms with Gasteiger partial charge in [0.25, 0.3) is 0 Å². The Kier molecular flexibility index (Phi) is 3.41. The van der Waals surface area contributed by atoms with Gasteiger partial charge in [-0.1, -0.05) is 11.6 Å². The second kappa shape index (κ2) is 5.06. The van der Waals surface area contributed by atoms with Gasteiger partial charge in [0.1, 0.15) is 10.4 Å². The van der Waals surface area contributed by atoms with Crippen molar-refractivity contribution in [3.8, 4) is 0 Å². The van der Waals surface area contributed by atoms with Gasteiger partial charge in [0.15, 0.2) is 5.82 Å². The number of halogens is 3. The van der Waals surface area contributed by atoms with Crippen LogP contribution in [0.15, 0.2) is 29.0 Å². The Morgan fingerprint density at radius 1 is 1.37 bits per heavy atom. The molecule has 1 heterocycles. The minimum absolute atomic E-state index is 0.106. The number of benzene rings is 1. The molecule has 1 aliphatic carbocycles. The number of nitrogens with one attached hydrogen (secondary N) is 1. The number of anilines is 2. The molecule has 19 heavy (non-hydrogen) atoms.